The summed E-state index contributed by atoms with van der Waals surface area (Å²) in [6.45, 7) is 4.25. The Balaban J connectivity index is 3.37. The molecule has 1 amide bonds. The van der Waals surface area contributed by atoms with Crippen LogP contribution in [-0.4, -0.2) is 34.9 Å². The molecule has 3 N–H and O–H groups in total. The quantitative estimate of drug-likeness (QED) is 0.0422. The number of rotatable bonds is 49. The fraction of sp³-hybridized carbons (Fsp3) is 0.839. The van der Waals surface area contributed by atoms with Crippen molar-refractivity contribution >= 4 is 5.91 Å². The lowest BCUT2D eigenvalue weighted by atomic mass is 10.0. The van der Waals surface area contributed by atoms with Gasteiger partial charge in [0.2, 0.25) is 5.91 Å². The molecule has 0 aliphatic heterocycles. The Kier molecular flexibility index (Phi) is 50.3. The summed E-state index contributed by atoms with van der Waals surface area (Å²) >= 11 is 0. The Hall–Kier alpha value is -1.65. The molecular weight excluding hydrogens is 735 g/mol. The van der Waals surface area contributed by atoms with E-state index in [-0.39, 0.29) is 12.5 Å². The smallest absolute Gasteiger partial charge is 0.220 e. The van der Waals surface area contributed by atoms with Crippen molar-refractivity contribution in [3.8, 4) is 0 Å². The maximum Gasteiger partial charge on any atom is 0.220 e. The molecule has 60 heavy (non-hydrogen) atoms. The van der Waals surface area contributed by atoms with Gasteiger partial charge in [-0.1, -0.05) is 274 Å². The lowest BCUT2D eigenvalue weighted by Crippen LogP contribution is -2.45. The minimum Gasteiger partial charge on any atom is -0.394 e. The third kappa shape index (κ3) is 47.4. The number of carbonyl (C=O) groups excluding carboxylic acids is 1. The van der Waals surface area contributed by atoms with Crippen LogP contribution in [0.1, 0.15) is 284 Å². The van der Waals surface area contributed by atoms with E-state index in [0.29, 0.717) is 12.8 Å². The summed E-state index contributed by atoms with van der Waals surface area (Å²) in [6, 6.07) is -0.533. The van der Waals surface area contributed by atoms with E-state index in [0.717, 1.165) is 51.4 Å². The highest BCUT2D eigenvalue weighted by molar-refractivity contribution is 5.76. The fourth-order valence-electron chi connectivity index (χ4n) is 8.30. The van der Waals surface area contributed by atoms with Crippen LogP contribution < -0.4 is 5.32 Å². The molecule has 0 heterocycles. The van der Waals surface area contributed by atoms with Crippen LogP contribution in [0.3, 0.4) is 0 Å². The molecule has 0 aromatic rings. The Bertz CT molecular complexity index is 954. The zero-order valence-electron chi connectivity index (χ0n) is 40.5. The number of unbranched alkanes of at least 4 members (excludes halogenated alkanes) is 34. The van der Waals surface area contributed by atoms with Gasteiger partial charge in [-0.25, -0.2) is 0 Å². The molecule has 0 aromatic carbocycles. The van der Waals surface area contributed by atoms with Gasteiger partial charge in [0, 0.05) is 6.42 Å². The number of aliphatic hydroxyl groups is 2. The number of amides is 1. The molecule has 0 aliphatic rings. The Morgan fingerprint density at radius 2 is 0.733 bits per heavy atom. The van der Waals surface area contributed by atoms with Gasteiger partial charge in [-0.3, -0.25) is 4.79 Å². The number of hydrogen-bond donors (Lipinski definition) is 3. The Morgan fingerprint density at radius 1 is 0.417 bits per heavy atom. The molecule has 0 spiro atoms. The monoisotopic (exact) mass is 840 g/mol. The summed E-state index contributed by atoms with van der Waals surface area (Å²) in [5, 5.41) is 23.2. The van der Waals surface area contributed by atoms with E-state index >= 15 is 0 Å². The highest BCUT2D eigenvalue weighted by Crippen LogP contribution is 2.17. The van der Waals surface area contributed by atoms with Crippen LogP contribution in [0.2, 0.25) is 0 Å². The van der Waals surface area contributed by atoms with Crippen LogP contribution in [0.25, 0.3) is 0 Å². The molecule has 2 atom stereocenters. The summed E-state index contributed by atoms with van der Waals surface area (Å²) in [7, 11) is 0. The lowest BCUT2D eigenvalue weighted by Gasteiger charge is -2.22. The molecule has 0 saturated heterocycles. The van der Waals surface area contributed by atoms with E-state index in [1.807, 2.05) is 0 Å². The molecule has 0 radical (unpaired) electrons. The van der Waals surface area contributed by atoms with Crippen LogP contribution in [-0.2, 0) is 4.79 Å². The first kappa shape index (κ1) is 58.4. The predicted octanol–water partition coefficient (Wildman–Crippen LogP) is 17.5. The average molecular weight is 840 g/mol. The van der Waals surface area contributed by atoms with Crippen LogP contribution in [0.4, 0.5) is 0 Å². The standard InChI is InChI=1S/C56H105NO3/c1-3-5-7-9-11-13-15-16-17-18-19-20-21-22-23-24-25-26-27-28-29-30-31-32-33-34-35-36-37-38-39-40-42-44-46-48-50-52-56(60)57-54(53-58)55(59)51-49-47-45-43-41-14-12-10-8-6-4-2/h5,7,11,13,16-17,19-20,54-55,58-59H,3-4,6,8-10,12,14-15,18,21-53H2,1-2H3,(H,57,60)/b7-5-,13-11-,17-16-,20-19-. The van der Waals surface area contributed by atoms with Gasteiger partial charge in [-0.15, -0.1) is 0 Å². The van der Waals surface area contributed by atoms with E-state index < -0.39 is 12.1 Å². The number of nitrogens with one attached hydrogen (secondary N) is 1. The molecular formula is C56H105NO3. The number of carbonyl (C=O) groups is 1. The van der Waals surface area contributed by atoms with Crippen molar-refractivity contribution < 1.29 is 15.0 Å². The number of hydrogen-bond acceptors (Lipinski definition) is 3. The van der Waals surface area contributed by atoms with E-state index in [9.17, 15) is 15.0 Å². The van der Waals surface area contributed by atoms with Gasteiger partial charge in [0.05, 0.1) is 18.8 Å². The second-order valence-corrected chi connectivity index (χ2v) is 18.3. The molecule has 0 aromatic heterocycles. The van der Waals surface area contributed by atoms with Crippen molar-refractivity contribution in [3.63, 3.8) is 0 Å². The number of aliphatic hydroxyl groups excluding tert-OH is 2. The normalized spacial score (nSPS) is 13.2. The van der Waals surface area contributed by atoms with Crippen molar-refractivity contribution in [3.05, 3.63) is 48.6 Å². The topological polar surface area (TPSA) is 69.6 Å². The molecule has 2 unspecified atom stereocenters. The van der Waals surface area contributed by atoms with Crippen LogP contribution in [0.5, 0.6) is 0 Å². The van der Waals surface area contributed by atoms with Crippen LogP contribution in [0.15, 0.2) is 48.6 Å². The summed E-state index contributed by atoms with van der Waals surface area (Å²) in [5.41, 5.74) is 0. The van der Waals surface area contributed by atoms with Crippen molar-refractivity contribution in [2.45, 2.75) is 296 Å². The second kappa shape index (κ2) is 51.7. The van der Waals surface area contributed by atoms with Gasteiger partial charge in [-0.2, -0.15) is 0 Å². The van der Waals surface area contributed by atoms with E-state index in [4.69, 9.17) is 0 Å². The first-order chi connectivity index (χ1) is 29.7. The Labute approximate surface area is 375 Å². The second-order valence-electron chi connectivity index (χ2n) is 18.3. The minimum absolute atomic E-state index is 0.0285. The zero-order valence-corrected chi connectivity index (χ0v) is 40.5. The molecule has 0 fully saturated rings. The van der Waals surface area contributed by atoms with Gasteiger partial charge < -0.3 is 15.5 Å². The molecule has 0 rings (SSSR count). The summed E-state index contributed by atoms with van der Waals surface area (Å²) in [6.07, 6.45) is 71.1. The van der Waals surface area contributed by atoms with Gasteiger partial charge in [0.25, 0.3) is 0 Å². The minimum atomic E-state index is -0.656. The zero-order chi connectivity index (χ0) is 43.5. The predicted molar refractivity (Wildman–Crippen MR) is 267 cm³/mol. The van der Waals surface area contributed by atoms with Gasteiger partial charge >= 0.3 is 0 Å². The van der Waals surface area contributed by atoms with Crippen molar-refractivity contribution in [2.24, 2.45) is 0 Å². The SMILES string of the molecule is CC/C=C\C/C=C\C/C=C\C/C=C\CCCCCCCCCCCCCCCCCCCCCCCCCCC(=O)NC(CO)C(O)CCCCCCCCCCCCC. The average Bonchev–Trinajstić information content (AvgIpc) is 3.25. The highest BCUT2D eigenvalue weighted by atomic mass is 16.3. The van der Waals surface area contributed by atoms with E-state index in [2.05, 4.69) is 67.8 Å². The van der Waals surface area contributed by atoms with Crippen molar-refractivity contribution in [1.82, 2.24) is 5.32 Å². The summed E-state index contributed by atoms with van der Waals surface area (Å²) in [5.74, 6) is -0.0285. The van der Waals surface area contributed by atoms with E-state index in [1.165, 1.54) is 205 Å². The van der Waals surface area contributed by atoms with Gasteiger partial charge in [0.1, 0.15) is 0 Å². The van der Waals surface area contributed by atoms with Gasteiger partial charge in [0.15, 0.2) is 0 Å². The maximum atomic E-state index is 12.4. The number of allylic oxidation sites excluding steroid dienone is 8. The third-order valence-corrected chi connectivity index (χ3v) is 12.4. The first-order valence-corrected chi connectivity index (χ1v) is 26.8. The molecule has 352 valence electrons. The molecule has 0 saturated carbocycles. The maximum absolute atomic E-state index is 12.4. The fourth-order valence-corrected chi connectivity index (χ4v) is 8.30. The summed E-state index contributed by atoms with van der Waals surface area (Å²) < 4.78 is 0. The third-order valence-electron chi connectivity index (χ3n) is 12.4. The van der Waals surface area contributed by atoms with Crippen LogP contribution in [0, 0.1) is 0 Å². The Morgan fingerprint density at radius 3 is 1.10 bits per heavy atom. The molecule has 4 heteroatoms. The highest BCUT2D eigenvalue weighted by Gasteiger charge is 2.20. The van der Waals surface area contributed by atoms with Crippen molar-refractivity contribution in [2.75, 3.05) is 6.61 Å². The molecule has 4 nitrogen and oxygen atoms in total. The molecule has 0 aliphatic carbocycles. The first-order valence-electron chi connectivity index (χ1n) is 26.8. The van der Waals surface area contributed by atoms with Crippen LogP contribution >= 0.6 is 0 Å². The van der Waals surface area contributed by atoms with Crippen molar-refractivity contribution in [1.29, 1.82) is 0 Å². The van der Waals surface area contributed by atoms with E-state index in [1.54, 1.807) is 0 Å². The largest absolute Gasteiger partial charge is 0.394 e. The lowest BCUT2D eigenvalue weighted by molar-refractivity contribution is -0.123. The summed E-state index contributed by atoms with van der Waals surface area (Å²) in [4.78, 5) is 12.4. The molecule has 0 bridgehead atoms. The van der Waals surface area contributed by atoms with Gasteiger partial charge in [-0.05, 0) is 51.4 Å².